The Bertz CT molecular complexity index is 246. The van der Waals surface area contributed by atoms with Crippen LogP contribution in [0.4, 0.5) is 0 Å². The fourth-order valence-electron chi connectivity index (χ4n) is 2.77. The van der Waals surface area contributed by atoms with Gasteiger partial charge in [0.15, 0.2) is 0 Å². The van der Waals surface area contributed by atoms with E-state index in [0.29, 0.717) is 12.1 Å². The molecule has 1 rings (SSSR count). The number of likely N-dealkylation sites (N-methyl/N-ethyl adjacent to an activating group) is 1. The molecule has 0 aromatic rings. The van der Waals surface area contributed by atoms with Crippen LogP contribution in [0.15, 0.2) is 0 Å². The van der Waals surface area contributed by atoms with Crippen molar-refractivity contribution in [3.63, 3.8) is 0 Å². The van der Waals surface area contributed by atoms with Crippen molar-refractivity contribution in [1.29, 1.82) is 0 Å². The molecule has 1 N–H and O–H groups in total. The number of hydrogen-bond donors (Lipinski definition) is 1. The molecule has 3 unspecified atom stereocenters. The largest absolute Gasteiger partial charge is 0.468 e. The second-order valence-corrected chi connectivity index (χ2v) is 4.88. The van der Waals surface area contributed by atoms with Crippen molar-refractivity contribution in [3.05, 3.63) is 0 Å². The molecule has 4 nitrogen and oxygen atoms in total. The summed E-state index contributed by atoms with van der Waals surface area (Å²) in [5, 5.41) is 3.02. The second-order valence-electron chi connectivity index (χ2n) is 4.88. The van der Waals surface area contributed by atoms with Crippen molar-refractivity contribution < 1.29 is 9.53 Å². The Morgan fingerprint density at radius 2 is 2.24 bits per heavy atom. The minimum Gasteiger partial charge on any atom is -0.468 e. The van der Waals surface area contributed by atoms with Crippen LogP contribution in [-0.2, 0) is 9.53 Å². The Kier molecular flexibility index (Phi) is 5.92. The van der Waals surface area contributed by atoms with Gasteiger partial charge in [-0.25, -0.2) is 0 Å². The van der Waals surface area contributed by atoms with Gasteiger partial charge in [-0.3, -0.25) is 9.69 Å². The summed E-state index contributed by atoms with van der Waals surface area (Å²) in [7, 11) is 3.26. The van der Waals surface area contributed by atoms with Gasteiger partial charge in [0.1, 0.15) is 6.04 Å². The average Bonchev–Trinajstić information content (AvgIpc) is 2.70. The van der Waals surface area contributed by atoms with E-state index < -0.39 is 0 Å². The molecule has 0 saturated carbocycles. The van der Waals surface area contributed by atoms with Gasteiger partial charge in [0.25, 0.3) is 0 Å². The number of methoxy groups -OCH3 is 1. The zero-order valence-corrected chi connectivity index (χ0v) is 11.5. The fraction of sp³-hybridized carbons (Fsp3) is 0.923. The highest BCUT2D eigenvalue weighted by Crippen LogP contribution is 2.26. The van der Waals surface area contributed by atoms with Crippen molar-refractivity contribution in [3.8, 4) is 0 Å². The molecule has 1 fully saturated rings. The van der Waals surface area contributed by atoms with Crippen LogP contribution in [0.5, 0.6) is 0 Å². The van der Waals surface area contributed by atoms with Gasteiger partial charge >= 0.3 is 5.97 Å². The predicted molar refractivity (Wildman–Crippen MR) is 69.0 cm³/mol. The van der Waals surface area contributed by atoms with E-state index >= 15 is 0 Å². The van der Waals surface area contributed by atoms with Gasteiger partial charge in [0.2, 0.25) is 0 Å². The van der Waals surface area contributed by atoms with Gasteiger partial charge < -0.3 is 10.1 Å². The molecule has 17 heavy (non-hydrogen) atoms. The van der Waals surface area contributed by atoms with Crippen LogP contribution < -0.4 is 5.32 Å². The molecular weight excluding hydrogens is 216 g/mol. The maximum atomic E-state index is 11.5. The molecule has 1 aliphatic heterocycles. The Morgan fingerprint density at radius 3 is 2.76 bits per heavy atom. The zero-order valence-electron chi connectivity index (χ0n) is 11.5. The third-order valence-electron chi connectivity index (χ3n) is 3.93. The SMILES string of the molecule is CCC1CCC(C)N1CCC(NC)C(=O)OC. The average molecular weight is 242 g/mol. The number of likely N-dealkylation sites (tertiary alicyclic amines) is 1. The first-order valence-corrected chi connectivity index (χ1v) is 6.64. The fourth-order valence-corrected chi connectivity index (χ4v) is 2.77. The summed E-state index contributed by atoms with van der Waals surface area (Å²) in [5.41, 5.74) is 0. The third-order valence-corrected chi connectivity index (χ3v) is 3.93. The quantitative estimate of drug-likeness (QED) is 0.715. The number of nitrogens with zero attached hydrogens (tertiary/aromatic N) is 1. The Labute approximate surface area is 105 Å². The zero-order chi connectivity index (χ0) is 12.8. The standard InChI is InChI=1S/C13H26N2O2/c1-5-11-7-6-10(2)15(11)9-8-12(14-3)13(16)17-4/h10-12,14H,5-9H2,1-4H3. The minimum atomic E-state index is -0.176. The lowest BCUT2D eigenvalue weighted by molar-refractivity contribution is -0.143. The van der Waals surface area contributed by atoms with E-state index in [9.17, 15) is 4.79 Å². The van der Waals surface area contributed by atoms with Crippen molar-refractivity contribution in [2.45, 2.75) is 57.7 Å². The van der Waals surface area contributed by atoms with Crippen LogP contribution in [0.2, 0.25) is 0 Å². The molecule has 0 aromatic carbocycles. The van der Waals surface area contributed by atoms with Crippen LogP contribution >= 0.6 is 0 Å². The maximum Gasteiger partial charge on any atom is 0.322 e. The first-order chi connectivity index (χ1) is 8.13. The van der Waals surface area contributed by atoms with Gasteiger partial charge in [0.05, 0.1) is 7.11 Å². The molecule has 0 bridgehead atoms. The van der Waals surface area contributed by atoms with Crippen molar-refractivity contribution in [2.24, 2.45) is 0 Å². The lowest BCUT2D eigenvalue weighted by Crippen LogP contribution is -2.41. The van der Waals surface area contributed by atoms with Crippen molar-refractivity contribution >= 4 is 5.97 Å². The number of hydrogen-bond acceptors (Lipinski definition) is 4. The van der Waals surface area contributed by atoms with Crippen molar-refractivity contribution in [2.75, 3.05) is 20.7 Å². The summed E-state index contributed by atoms with van der Waals surface area (Å²) in [6, 6.07) is 1.17. The molecule has 3 atom stereocenters. The van der Waals surface area contributed by atoms with Crippen molar-refractivity contribution in [1.82, 2.24) is 10.2 Å². The van der Waals surface area contributed by atoms with Gasteiger partial charge in [-0.1, -0.05) is 6.92 Å². The maximum absolute atomic E-state index is 11.5. The summed E-state index contributed by atoms with van der Waals surface area (Å²) < 4.78 is 4.78. The molecule has 1 heterocycles. The smallest absolute Gasteiger partial charge is 0.322 e. The number of nitrogens with one attached hydrogen (secondary N) is 1. The van der Waals surface area contributed by atoms with Crippen LogP contribution in [0.3, 0.4) is 0 Å². The predicted octanol–water partition coefficient (Wildman–Crippen LogP) is 1.40. The minimum absolute atomic E-state index is 0.160. The van der Waals surface area contributed by atoms with Crippen LogP contribution in [0.25, 0.3) is 0 Å². The topological polar surface area (TPSA) is 41.6 Å². The van der Waals surface area contributed by atoms with E-state index in [4.69, 9.17) is 4.74 Å². The Hall–Kier alpha value is -0.610. The van der Waals surface area contributed by atoms with Gasteiger partial charge in [0, 0.05) is 18.6 Å². The third kappa shape index (κ3) is 3.68. The first-order valence-electron chi connectivity index (χ1n) is 6.64. The number of rotatable bonds is 6. The molecule has 0 spiro atoms. The van der Waals surface area contributed by atoms with E-state index in [1.54, 1.807) is 0 Å². The van der Waals surface area contributed by atoms with Gasteiger partial charge in [-0.05, 0) is 39.7 Å². The first kappa shape index (κ1) is 14.5. The van der Waals surface area contributed by atoms with E-state index in [0.717, 1.165) is 13.0 Å². The van der Waals surface area contributed by atoms with Crippen LogP contribution in [0.1, 0.15) is 39.5 Å². The summed E-state index contributed by atoms with van der Waals surface area (Å²) in [6.07, 6.45) is 4.60. The van der Waals surface area contributed by atoms with E-state index in [1.165, 1.54) is 26.4 Å². The molecule has 0 aromatic heterocycles. The summed E-state index contributed by atoms with van der Waals surface area (Å²) >= 11 is 0. The molecule has 1 saturated heterocycles. The Morgan fingerprint density at radius 1 is 1.53 bits per heavy atom. The summed E-state index contributed by atoms with van der Waals surface area (Å²) in [5.74, 6) is -0.160. The number of carbonyl (C=O) groups is 1. The van der Waals surface area contributed by atoms with E-state index in [1.807, 2.05) is 7.05 Å². The lowest BCUT2D eigenvalue weighted by Gasteiger charge is -2.28. The summed E-state index contributed by atoms with van der Waals surface area (Å²) in [6.45, 7) is 5.49. The molecule has 0 radical (unpaired) electrons. The highest BCUT2D eigenvalue weighted by atomic mass is 16.5. The molecule has 4 heteroatoms. The lowest BCUT2D eigenvalue weighted by atomic mass is 10.1. The number of carbonyl (C=O) groups excluding carboxylic acids is 1. The highest BCUT2D eigenvalue weighted by Gasteiger charge is 2.30. The van der Waals surface area contributed by atoms with Gasteiger partial charge in [-0.15, -0.1) is 0 Å². The second kappa shape index (κ2) is 6.97. The molecule has 0 aliphatic carbocycles. The molecule has 1 aliphatic rings. The molecular formula is C13H26N2O2. The van der Waals surface area contributed by atoms with Gasteiger partial charge in [-0.2, -0.15) is 0 Å². The number of ether oxygens (including phenoxy) is 1. The monoisotopic (exact) mass is 242 g/mol. The summed E-state index contributed by atoms with van der Waals surface area (Å²) in [4.78, 5) is 14.0. The molecule has 0 amide bonds. The van der Waals surface area contributed by atoms with E-state index in [2.05, 4.69) is 24.1 Å². The number of esters is 1. The van der Waals surface area contributed by atoms with Crippen LogP contribution in [-0.4, -0.2) is 49.7 Å². The molecule has 100 valence electrons. The normalized spacial score (nSPS) is 27.1. The highest BCUT2D eigenvalue weighted by molar-refractivity contribution is 5.75. The van der Waals surface area contributed by atoms with Crippen LogP contribution in [0, 0.1) is 0 Å². The Balaban J connectivity index is 2.44. The van der Waals surface area contributed by atoms with E-state index in [-0.39, 0.29) is 12.0 Å².